The van der Waals surface area contributed by atoms with Crippen molar-refractivity contribution in [3.05, 3.63) is 69.2 Å². The number of hydrogen-bond donors (Lipinski definition) is 2. The van der Waals surface area contributed by atoms with Crippen LogP contribution in [0.1, 0.15) is 16.8 Å². The number of rotatable bonds is 6. The van der Waals surface area contributed by atoms with Crippen LogP contribution in [-0.2, 0) is 4.79 Å². The highest BCUT2D eigenvalue weighted by molar-refractivity contribution is 6.30. The van der Waals surface area contributed by atoms with Crippen molar-refractivity contribution >= 4 is 34.8 Å². The summed E-state index contributed by atoms with van der Waals surface area (Å²) in [5.74, 6) is -0.741. The maximum Gasteiger partial charge on any atom is 0.270 e. The minimum absolute atomic E-state index is 0.0727. The second kappa shape index (κ2) is 8.07. The molecule has 8 heteroatoms. The molecule has 24 heavy (non-hydrogen) atoms. The van der Waals surface area contributed by atoms with Gasteiger partial charge in [-0.3, -0.25) is 19.7 Å². The monoisotopic (exact) mass is 347 g/mol. The standard InChI is InChI=1S/C16H14ClN3O4/c17-12-4-6-13(7-5-12)19-15(21)8-9-18-16(22)11-2-1-3-14(10-11)20(23)24/h1-7,10H,8-9H2,(H,18,22)(H,19,21). The quantitative estimate of drug-likeness (QED) is 0.619. The van der Waals surface area contributed by atoms with Crippen molar-refractivity contribution in [3.63, 3.8) is 0 Å². The minimum atomic E-state index is -0.573. The Morgan fingerprint density at radius 2 is 1.83 bits per heavy atom. The van der Waals surface area contributed by atoms with E-state index in [4.69, 9.17) is 11.6 Å². The Labute approximate surface area is 142 Å². The van der Waals surface area contributed by atoms with Gasteiger partial charge in [-0.2, -0.15) is 0 Å². The first-order chi connectivity index (χ1) is 11.5. The number of halogens is 1. The van der Waals surface area contributed by atoms with Crippen molar-refractivity contribution in [1.82, 2.24) is 5.32 Å². The van der Waals surface area contributed by atoms with Crippen molar-refractivity contribution in [3.8, 4) is 0 Å². The molecule has 124 valence electrons. The molecule has 0 aliphatic carbocycles. The number of non-ortho nitro benzene ring substituents is 1. The van der Waals surface area contributed by atoms with Gasteiger partial charge >= 0.3 is 0 Å². The fraction of sp³-hybridized carbons (Fsp3) is 0.125. The highest BCUT2D eigenvalue weighted by Gasteiger charge is 2.11. The zero-order valence-electron chi connectivity index (χ0n) is 12.5. The molecule has 0 aliphatic rings. The van der Waals surface area contributed by atoms with Gasteiger partial charge in [-0.1, -0.05) is 17.7 Å². The van der Waals surface area contributed by atoms with Crippen molar-refractivity contribution in [2.45, 2.75) is 6.42 Å². The van der Waals surface area contributed by atoms with Gasteiger partial charge in [0.25, 0.3) is 11.6 Å². The van der Waals surface area contributed by atoms with E-state index >= 15 is 0 Å². The Balaban J connectivity index is 1.81. The van der Waals surface area contributed by atoms with E-state index in [0.29, 0.717) is 10.7 Å². The van der Waals surface area contributed by atoms with Crippen LogP contribution < -0.4 is 10.6 Å². The van der Waals surface area contributed by atoms with Crippen LogP contribution in [0, 0.1) is 10.1 Å². The second-order valence-electron chi connectivity index (χ2n) is 4.87. The minimum Gasteiger partial charge on any atom is -0.352 e. The number of nitro groups is 1. The van der Waals surface area contributed by atoms with E-state index < -0.39 is 10.8 Å². The van der Waals surface area contributed by atoms with Gasteiger partial charge in [0.2, 0.25) is 5.91 Å². The Kier molecular flexibility index (Phi) is 5.86. The molecule has 0 saturated heterocycles. The Hall–Kier alpha value is -2.93. The third-order valence-electron chi connectivity index (χ3n) is 3.08. The summed E-state index contributed by atoms with van der Waals surface area (Å²) in [5.41, 5.74) is 0.611. The van der Waals surface area contributed by atoms with E-state index in [1.807, 2.05) is 0 Å². The van der Waals surface area contributed by atoms with Gasteiger partial charge in [0.15, 0.2) is 0 Å². The summed E-state index contributed by atoms with van der Waals surface area (Å²) in [4.78, 5) is 33.8. The van der Waals surface area contributed by atoms with E-state index in [1.165, 1.54) is 24.3 Å². The third kappa shape index (κ3) is 5.06. The van der Waals surface area contributed by atoms with Gasteiger partial charge in [0.05, 0.1) is 4.92 Å². The molecule has 7 nitrogen and oxygen atoms in total. The summed E-state index contributed by atoms with van der Waals surface area (Å²) in [6.07, 6.45) is 0.0727. The van der Waals surface area contributed by atoms with Crippen LogP contribution in [0.4, 0.5) is 11.4 Å². The lowest BCUT2D eigenvalue weighted by Gasteiger charge is -2.07. The zero-order chi connectivity index (χ0) is 17.5. The number of carbonyl (C=O) groups excluding carboxylic acids is 2. The molecule has 0 saturated carbocycles. The van der Waals surface area contributed by atoms with Crippen LogP contribution >= 0.6 is 11.6 Å². The highest BCUT2D eigenvalue weighted by atomic mass is 35.5. The summed E-state index contributed by atoms with van der Waals surface area (Å²) < 4.78 is 0. The van der Waals surface area contributed by atoms with Gasteiger partial charge in [0.1, 0.15) is 0 Å². The number of carbonyl (C=O) groups is 2. The number of nitrogens with zero attached hydrogens (tertiary/aromatic N) is 1. The predicted octanol–water partition coefficient (Wildman–Crippen LogP) is 3.01. The molecule has 0 bridgehead atoms. The van der Waals surface area contributed by atoms with E-state index in [2.05, 4.69) is 10.6 Å². The first kappa shape index (κ1) is 17.4. The maximum absolute atomic E-state index is 11.9. The normalized spacial score (nSPS) is 10.0. The Morgan fingerprint density at radius 1 is 1.12 bits per heavy atom. The van der Waals surface area contributed by atoms with Gasteiger partial charge < -0.3 is 10.6 Å². The lowest BCUT2D eigenvalue weighted by atomic mass is 10.2. The molecule has 0 atom stereocenters. The molecular formula is C16H14ClN3O4. The lowest BCUT2D eigenvalue weighted by Crippen LogP contribution is -2.27. The first-order valence-electron chi connectivity index (χ1n) is 7.04. The summed E-state index contributed by atoms with van der Waals surface area (Å²) >= 11 is 5.75. The van der Waals surface area contributed by atoms with E-state index in [0.717, 1.165) is 0 Å². The van der Waals surface area contributed by atoms with E-state index in [9.17, 15) is 19.7 Å². The molecule has 0 radical (unpaired) electrons. The van der Waals surface area contributed by atoms with E-state index in [-0.39, 0.29) is 30.1 Å². The molecule has 0 fully saturated rings. The zero-order valence-corrected chi connectivity index (χ0v) is 13.2. The lowest BCUT2D eigenvalue weighted by molar-refractivity contribution is -0.384. The van der Waals surface area contributed by atoms with Gasteiger partial charge in [0, 0.05) is 41.4 Å². The molecule has 2 aromatic carbocycles. The first-order valence-corrected chi connectivity index (χ1v) is 7.41. The molecule has 0 heterocycles. The molecule has 2 rings (SSSR count). The number of anilines is 1. The highest BCUT2D eigenvalue weighted by Crippen LogP contribution is 2.14. The van der Waals surface area contributed by atoms with Crippen LogP contribution in [0.25, 0.3) is 0 Å². The summed E-state index contributed by atoms with van der Waals surface area (Å²) in [5, 5.41) is 16.5. The molecular weight excluding hydrogens is 334 g/mol. The van der Waals surface area contributed by atoms with Crippen LogP contribution in [0.2, 0.25) is 5.02 Å². The smallest absolute Gasteiger partial charge is 0.270 e. The van der Waals surface area contributed by atoms with Gasteiger partial charge in [-0.05, 0) is 30.3 Å². The van der Waals surface area contributed by atoms with Crippen LogP contribution in [0.15, 0.2) is 48.5 Å². The van der Waals surface area contributed by atoms with Crippen molar-refractivity contribution in [2.75, 3.05) is 11.9 Å². The number of nitro benzene ring substituents is 1. The summed E-state index contributed by atoms with van der Waals surface area (Å²) in [6.45, 7) is 0.112. The number of nitrogens with one attached hydrogen (secondary N) is 2. The maximum atomic E-state index is 11.9. The molecule has 2 aromatic rings. The number of amides is 2. The third-order valence-corrected chi connectivity index (χ3v) is 3.34. The number of hydrogen-bond acceptors (Lipinski definition) is 4. The topological polar surface area (TPSA) is 101 Å². The Morgan fingerprint density at radius 3 is 2.50 bits per heavy atom. The van der Waals surface area contributed by atoms with Crippen molar-refractivity contribution in [1.29, 1.82) is 0 Å². The van der Waals surface area contributed by atoms with Crippen LogP contribution in [0.3, 0.4) is 0 Å². The molecule has 2 N–H and O–H groups in total. The predicted molar refractivity (Wildman–Crippen MR) is 90.1 cm³/mol. The summed E-state index contributed by atoms with van der Waals surface area (Å²) in [6, 6.07) is 12.0. The average molecular weight is 348 g/mol. The second-order valence-corrected chi connectivity index (χ2v) is 5.30. The molecule has 0 unspecified atom stereocenters. The molecule has 2 amide bonds. The van der Waals surface area contributed by atoms with Crippen molar-refractivity contribution < 1.29 is 14.5 Å². The van der Waals surface area contributed by atoms with Crippen LogP contribution in [0.5, 0.6) is 0 Å². The van der Waals surface area contributed by atoms with E-state index in [1.54, 1.807) is 24.3 Å². The SMILES string of the molecule is O=C(CCNC(=O)c1cccc([N+](=O)[O-])c1)Nc1ccc(Cl)cc1. The van der Waals surface area contributed by atoms with Crippen LogP contribution in [-0.4, -0.2) is 23.3 Å². The van der Waals surface area contributed by atoms with Crippen molar-refractivity contribution in [2.24, 2.45) is 0 Å². The summed E-state index contributed by atoms with van der Waals surface area (Å²) in [7, 11) is 0. The largest absolute Gasteiger partial charge is 0.352 e. The Bertz CT molecular complexity index is 762. The average Bonchev–Trinajstić information content (AvgIpc) is 2.57. The molecule has 0 aromatic heterocycles. The number of benzene rings is 2. The molecule has 0 aliphatic heterocycles. The molecule has 0 spiro atoms. The van der Waals surface area contributed by atoms with Gasteiger partial charge in [-0.15, -0.1) is 0 Å². The fourth-order valence-electron chi connectivity index (χ4n) is 1.91. The fourth-order valence-corrected chi connectivity index (χ4v) is 2.04. The van der Waals surface area contributed by atoms with Gasteiger partial charge in [-0.25, -0.2) is 0 Å².